The van der Waals surface area contributed by atoms with Crippen LogP contribution in [0.2, 0.25) is 10.0 Å². The highest BCUT2D eigenvalue weighted by molar-refractivity contribution is 6.39. The van der Waals surface area contributed by atoms with E-state index in [0.29, 0.717) is 26.9 Å². The van der Waals surface area contributed by atoms with E-state index >= 15 is 0 Å². The van der Waals surface area contributed by atoms with Gasteiger partial charge in [0.05, 0.1) is 22.2 Å². The monoisotopic (exact) mass is 295 g/mol. The molecule has 0 aliphatic carbocycles. The fourth-order valence-electron chi connectivity index (χ4n) is 1.88. The van der Waals surface area contributed by atoms with Crippen LogP contribution in [-0.2, 0) is 11.2 Å². The molecule has 0 unspecified atom stereocenters. The van der Waals surface area contributed by atoms with Gasteiger partial charge in [-0.1, -0.05) is 35.3 Å². The van der Waals surface area contributed by atoms with Gasteiger partial charge in [-0.2, -0.15) is 0 Å². The van der Waals surface area contributed by atoms with Crippen LogP contribution >= 0.6 is 23.2 Å². The zero-order valence-corrected chi connectivity index (χ0v) is 11.7. The van der Waals surface area contributed by atoms with Crippen molar-refractivity contribution < 1.29 is 9.90 Å². The van der Waals surface area contributed by atoms with Crippen molar-refractivity contribution >= 4 is 29.2 Å². The van der Waals surface area contributed by atoms with Crippen molar-refractivity contribution in [3.05, 3.63) is 51.6 Å². The molecule has 3 nitrogen and oxygen atoms in total. The largest absolute Gasteiger partial charge is 0.481 e. The van der Waals surface area contributed by atoms with Gasteiger partial charge in [-0.3, -0.25) is 9.78 Å². The van der Waals surface area contributed by atoms with E-state index in [0.717, 1.165) is 5.56 Å². The van der Waals surface area contributed by atoms with Gasteiger partial charge in [-0.15, -0.1) is 0 Å². The average Bonchev–Trinajstić information content (AvgIpc) is 2.30. The molecule has 98 valence electrons. The average molecular weight is 296 g/mol. The van der Waals surface area contributed by atoms with Gasteiger partial charge in [-0.05, 0) is 30.2 Å². The summed E-state index contributed by atoms with van der Waals surface area (Å²) >= 11 is 12.3. The minimum atomic E-state index is -0.920. The van der Waals surface area contributed by atoms with Gasteiger partial charge >= 0.3 is 5.97 Å². The molecule has 2 rings (SSSR count). The van der Waals surface area contributed by atoms with Crippen molar-refractivity contribution in [3.8, 4) is 11.3 Å². The van der Waals surface area contributed by atoms with Gasteiger partial charge in [-0.25, -0.2) is 0 Å². The number of halogens is 2. The highest BCUT2D eigenvalue weighted by atomic mass is 35.5. The van der Waals surface area contributed by atoms with E-state index in [1.165, 1.54) is 0 Å². The topological polar surface area (TPSA) is 50.2 Å². The van der Waals surface area contributed by atoms with E-state index in [9.17, 15) is 4.79 Å². The quantitative estimate of drug-likeness (QED) is 0.931. The van der Waals surface area contributed by atoms with Gasteiger partial charge in [0.15, 0.2) is 0 Å². The molecule has 0 saturated carbocycles. The Hall–Kier alpha value is -1.58. The minimum absolute atomic E-state index is 0.119. The normalized spacial score (nSPS) is 10.5. The lowest BCUT2D eigenvalue weighted by Gasteiger charge is -2.11. The van der Waals surface area contributed by atoms with Gasteiger partial charge in [0.25, 0.3) is 0 Å². The first-order valence-corrected chi connectivity index (χ1v) is 6.36. The summed E-state index contributed by atoms with van der Waals surface area (Å²) in [6.07, 6.45) is 1.55. The Morgan fingerprint density at radius 3 is 2.53 bits per heavy atom. The molecule has 19 heavy (non-hydrogen) atoms. The maximum atomic E-state index is 10.9. The summed E-state index contributed by atoms with van der Waals surface area (Å²) in [5.41, 5.74) is 2.58. The predicted octanol–water partition coefficient (Wildman–Crippen LogP) is 3.99. The van der Waals surface area contributed by atoms with Crippen LogP contribution < -0.4 is 0 Å². The number of aryl methyl sites for hydroxylation is 1. The lowest BCUT2D eigenvalue weighted by Crippen LogP contribution is -2.04. The first kappa shape index (κ1) is 13.8. The Kier molecular flexibility index (Phi) is 4.08. The summed E-state index contributed by atoms with van der Waals surface area (Å²) in [6, 6.07) is 6.93. The Morgan fingerprint density at radius 1 is 1.32 bits per heavy atom. The number of carbonyl (C=O) groups is 1. The van der Waals surface area contributed by atoms with Crippen LogP contribution in [0.15, 0.2) is 30.5 Å². The lowest BCUT2D eigenvalue weighted by molar-refractivity contribution is -0.136. The number of pyridine rings is 1. The molecule has 5 heteroatoms. The highest BCUT2D eigenvalue weighted by Gasteiger charge is 2.15. The number of hydrogen-bond acceptors (Lipinski definition) is 2. The second kappa shape index (κ2) is 5.59. The van der Waals surface area contributed by atoms with Gasteiger partial charge in [0.2, 0.25) is 0 Å². The van der Waals surface area contributed by atoms with Gasteiger partial charge in [0, 0.05) is 11.8 Å². The Balaban J connectivity index is 2.64. The molecule has 1 N–H and O–H groups in total. The summed E-state index contributed by atoms with van der Waals surface area (Å²) in [5, 5.41) is 9.88. The van der Waals surface area contributed by atoms with E-state index < -0.39 is 5.97 Å². The molecule has 0 aliphatic heterocycles. The third-order valence-corrected chi connectivity index (χ3v) is 3.27. The maximum Gasteiger partial charge on any atom is 0.307 e. The molecule has 0 aliphatic rings. The Morgan fingerprint density at radius 2 is 1.95 bits per heavy atom. The number of rotatable bonds is 3. The summed E-state index contributed by atoms with van der Waals surface area (Å²) in [6.45, 7) is 1.86. The molecule has 2 aromatic rings. The number of nitrogens with zero attached hydrogens (tertiary/aromatic N) is 1. The van der Waals surface area contributed by atoms with Gasteiger partial charge < -0.3 is 5.11 Å². The van der Waals surface area contributed by atoms with Crippen LogP contribution in [0.1, 0.15) is 11.1 Å². The third kappa shape index (κ3) is 3.06. The fraction of sp³-hybridized carbons (Fsp3) is 0.143. The molecule has 0 spiro atoms. The molecular formula is C14H11Cl2NO2. The van der Waals surface area contributed by atoms with Crippen molar-refractivity contribution in [1.29, 1.82) is 0 Å². The SMILES string of the molecule is Cc1cnc(-c2c(Cl)cccc2Cl)c(CC(=O)O)c1. The molecule has 0 saturated heterocycles. The van der Waals surface area contributed by atoms with E-state index in [1.807, 2.05) is 6.92 Å². The molecule has 0 radical (unpaired) electrons. The Bertz CT molecular complexity index is 621. The smallest absolute Gasteiger partial charge is 0.307 e. The number of benzene rings is 1. The summed E-state index contributed by atoms with van der Waals surface area (Å²) < 4.78 is 0. The van der Waals surface area contributed by atoms with Crippen LogP contribution in [0.25, 0.3) is 11.3 Å². The number of carboxylic acid groups (broad SMARTS) is 1. The van der Waals surface area contributed by atoms with Crippen LogP contribution in [0.5, 0.6) is 0 Å². The fourth-order valence-corrected chi connectivity index (χ4v) is 2.45. The lowest BCUT2D eigenvalue weighted by atomic mass is 10.0. The van der Waals surface area contributed by atoms with E-state index in [2.05, 4.69) is 4.98 Å². The molecule has 1 aromatic heterocycles. The first-order chi connectivity index (χ1) is 8.99. The van der Waals surface area contributed by atoms with Crippen molar-refractivity contribution in [2.24, 2.45) is 0 Å². The first-order valence-electron chi connectivity index (χ1n) is 5.60. The predicted molar refractivity (Wildman–Crippen MR) is 75.8 cm³/mol. The third-order valence-electron chi connectivity index (χ3n) is 2.64. The second-order valence-electron chi connectivity index (χ2n) is 4.19. The number of aliphatic carboxylic acids is 1. The van der Waals surface area contributed by atoms with Crippen LogP contribution in [0.4, 0.5) is 0 Å². The summed E-state index contributed by atoms with van der Waals surface area (Å²) in [5.74, 6) is -0.920. The van der Waals surface area contributed by atoms with E-state index in [4.69, 9.17) is 28.3 Å². The second-order valence-corrected chi connectivity index (χ2v) is 5.00. The molecule has 0 atom stereocenters. The summed E-state index contributed by atoms with van der Waals surface area (Å²) in [4.78, 5) is 15.2. The van der Waals surface area contributed by atoms with Crippen molar-refractivity contribution in [1.82, 2.24) is 4.98 Å². The molecule has 1 heterocycles. The standard InChI is InChI=1S/C14H11Cl2NO2/c1-8-5-9(6-12(18)19)14(17-7-8)13-10(15)3-2-4-11(13)16/h2-5,7H,6H2,1H3,(H,18,19). The van der Waals surface area contributed by atoms with E-state index in [1.54, 1.807) is 30.5 Å². The number of hydrogen-bond donors (Lipinski definition) is 1. The number of carboxylic acids is 1. The summed E-state index contributed by atoms with van der Waals surface area (Å²) in [7, 11) is 0. The molecule has 0 bridgehead atoms. The van der Waals surface area contributed by atoms with Crippen molar-refractivity contribution in [3.63, 3.8) is 0 Å². The van der Waals surface area contributed by atoms with E-state index in [-0.39, 0.29) is 6.42 Å². The molecule has 1 aromatic carbocycles. The minimum Gasteiger partial charge on any atom is -0.481 e. The van der Waals surface area contributed by atoms with Crippen LogP contribution in [0.3, 0.4) is 0 Å². The zero-order chi connectivity index (χ0) is 14.0. The van der Waals surface area contributed by atoms with Crippen LogP contribution in [0, 0.1) is 6.92 Å². The zero-order valence-electron chi connectivity index (χ0n) is 10.2. The highest BCUT2D eigenvalue weighted by Crippen LogP contribution is 2.35. The van der Waals surface area contributed by atoms with Crippen LogP contribution in [-0.4, -0.2) is 16.1 Å². The van der Waals surface area contributed by atoms with Gasteiger partial charge in [0.1, 0.15) is 0 Å². The van der Waals surface area contributed by atoms with Crippen molar-refractivity contribution in [2.45, 2.75) is 13.3 Å². The molecule has 0 fully saturated rings. The molecular weight excluding hydrogens is 285 g/mol. The maximum absolute atomic E-state index is 10.9. The Labute approximate surface area is 120 Å². The number of aromatic nitrogens is 1. The molecule has 0 amide bonds. The van der Waals surface area contributed by atoms with Crippen molar-refractivity contribution in [2.75, 3.05) is 0 Å².